The molecular weight excluding hydrogens is 313 g/mol. The van der Waals surface area contributed by atoms with Crippen LogP contribution in [0.2, 0.25) is 0 Å². The molecule has 1 amide bonds. The molecule has 2 N–H and O–H groups in total. The van der Waals surface area contributed by atoms with Crippen molar-refractivity contribution in [1.82, 2.24) is 4.90 Å². The molecule has 1 aromatic rings. The summed E-state index contributed by atoms with van der Waals surface area (Å²) in [6.07, 6.45) is -4.87. The summed E-state index contributed by atoms with van der Waals surface area (Å²) in [5.41, 5.74) is 0.993. The van der Waals surface area contributed by atoms with Crippen molar-refractivity contribution >= 4 is 11.6 Å². The molecule has 0 atom stereocenters. The topological polar surface area (TPSA) is 61.8 Å². The summed E-state index contributed by atoms with van der Waals surface area (Å²) in [7, 11) is 1.11. The van der Waals surface area contributed by atoms with Crippen LogP contribution in [0.5, 0.6) is 0 Å². The Morgan fingerprint density at radius 3 is 2.65 bits per heavy atom. The minimum atomic E-state index is -4.87. The SMILES string of the molecule is CN(Cc1cccc(NCC2(CO)COC2)c1)C(=O)C(F)(F)F. The fourth-order valence-corrected chi connectivity index (χ4v) is 2.27. The van der Waals surface area contributed by atoms with E-state index < -0.39 is 12.1 Å². The maximum Gasteiger partial charge on any atom is 0.471 e. The lowest BCUT2D eigenvalue weighted by Crippen LogP contribution is -2.50. The van der Waals surface area contributed by atoms with E-state index in [1.165, 1.54) is 0 Å². The molecule has 1 heterocycles. The molecular formula is C15H19F3N2O3. The highest BCUT2D eigenvalue weighted by Gasteiger charge is 2.41. The largest absolute Gasteiger partial charge is 0.471 e. The molecule has 0 aromatic heterocycles. The maximum atomic E-state index is 12.4. The molecule has 0 radical (unpaired) electrons. The second-order valence-electron chi connectivity index (χ2n) is 5.86. The molecule has 1 aromatic carbocycles. The summed E-state index contributed by atoms with van der Waals surface area (Å²) in [6.45, 7) is 1.31. The first kappa shape index (κ1) is 17.6. The van der Waals surface area contributed by atoms with E-state index in [9.17, 15) is 23.1 Å². The van der Waals surface area contributed by atoms with Crippen LogP contribution in [0.1, 0.15) is 5.56 Å². The van der Waals surface area contributed by atoms with Crippen LogP contribution in [0.25, 0.3) is 0 Å². The van der Waals surface area contributed by atoms with Gasteiger partial charge in [0.05, 0.1) is 25.2 Å². The summed E-state index contributed by atoms with van der Waals surface area (Å²) < 4.78 is 42.2. The minimum Gasteiger partial charge on any atom is -0.396 e. The van der Waals surface area contributed by atoms with Crippen LogP contribution in [0.15, 0.2) is 24.3 Å². The predicted octanol–water partition coefficient (Wildman–Crippen LogP) is 1.63. The van der Waals surface area contributed by atoms with Crippen LogP contribution in [0.3, 0.4) is 0 Å². The van der Waals surface area contributed by atoms with Gasteiger partial charge < -0.3 is 20.1 Å². The number of anilines is 1. The number of aliphatic hydroxyl groups excluding tert-OH is 1. The minimum absolute atomic E-state index is 0.00249. The Bertz CT molecular complexity index is 554. The lowest BCUT2D eigenvalue weighted by Gasteiger charge is -2.40. The molecule has 1 aliphatic heterocycles. The molecule has 0 spiro atoms. The second kappa shape index (κ2) is 6.76. The van der Waals surface area contributed by atoms with E-state index in [-0.39, 0.29) is 18.6 Å². The zero-order valence-corrected chi connectivity index (χ0v) is 12.7. The Labute approximate surface area is 132 Å². The molecule has 0 saturated carbocycles. The Morgan fingerprint density at radius 2 is 2.13 bits per heavy atom. The molecule has 128 valence electrons. The van der Waals surface area contributed by atoms with Gasteiger partial charge in [0.1, 0.15) is 0 Å². The van der Waals surface area contributed by atoms with Gasteiger partial charge in [0.25, 0.3) is 0 Å². The predicted molar refractivity (Wildman–Crippen MR) is 77.8 cm³/mol. The van der Waals surface area contributed by atoms with Crippen molar-refractivity contribution in [2.45, 2.75) is 12.7 Å². The number of carbonyl (C=O) groups is 1. The van der Waals surface area contributed by atoms with Gasteiger partial charge in [-0.1, -0.05) is 12.1 Å². The van der Waals surface area contributed by atoms with Crippen molar-refractivity contribution in [1.29, 1.82) is 0 Å². The van der Waals surface area contributed by atoms with Gasteiger partial charge in [0.15, 0.2) is 0 Å². The third-order valence-corrected chi connectivity index (χ3v) is 3.76. The van der Waals surface area contributed by atoms with Gasteiger partial charge in [-0.3, -0.25) is 4.79 Å². The highest BCUT2D eigenvalue weighted by molar-refractivity contribution is 5.81. The number of rotatable bonds is 6. The summed E-state index contributed by atoms with van der Waals surface area (Å²) >= 11 is 0. The van der Waals surface area contributed by atoms with Crippen molar-refractivity contribution in [3.05, 3.63) is 29.8 Å². The van der Waals surface area contributed by atoms with Gasteiger partial charge in [-0.15, -0.1) is 0 Å². The number of carbonyl (C=O) groups excluding carboxylic acids is 1. The van der Waals surface area contributed by atoms with E-state index in [0.717, 1.165) is 12.7 Å². The van der Waals surface area contributed by atoms with Crippen molar-refractivity contribution in [2.75, 3.05) is 38.7 Å². The lowest BCUT2D eigenvalue weighted by molar-refractivity contribution is -0.184. The standard InChI is InChI=1S/C15H19F3N2O3/c1-20(13(22)15(16,17)18)6-11-3-2-4-12(5-11)19-7-14(8-21)9-23-10-14/h2-5,19,21H,6-10H2,1H3. The van der Waals surface area contributed by atoms with E-state index in [1.807, 2.05) is 0 Å². The fourth-order valence-electron chi connectivity index (χ4n) is 2.27. The fraction of sp³-hybridized carbons (Fsp3) is 0.533. The van der Waals surface area contributed by atoms with Gasteiger partial charge in [0.2, 0.25) is 0 Å². The number of benzene rings is 1. The van der Waals surface area contributed by atoms with Gasteiger partial charge >= 0.3 is 12.1 Å². The van der Waals surface area contributed by atoms with Crippen LogP contribution >= 0.6 is 0 Å². The molecule has 0 aliphatic carbocycles. The van der Waals surface area contributed by atoms with E-state index in [1.54, 1.807) is 24.3 Å². The monoisotopic (exact) mass is 332 g/mol. The quantitative estimate of drug-likeness (QED) is 0.831. The Morgan fingerprint density at radius 1 is 1.43 bits per heavy atom. The van der Waals surface area contributed by atoms with Crippen LogP contribution in [-0.4, -0.2) is 55.5 Å². The average molecular weight is 332 g/mol. The zero-order chi connectivity index (χ0) is 17.1. The lowest BCUT2D eigenvalue weighted by atomic mass is 9.87. The van der Waals surface area contributed by atoms with Crippen molar-refractivity contribution in [3.8, 4) is 0 Å². The molecule has 5 nitrogen and oxygen atoms in total. The number of hydrogen-bond donors (Lipinski definition) is 2. The van der Waals surface area contributed by atoms with Gasteiger partial charge in [0, 0.05) is 25.8 Å². The summed E-state index contributed by atoms with van der Waals surface area (Å²) in [5.74, 6) is -1.87. The molecule has 1 saturated heterocycles. The van der Waals surface area contributed by atoms with Gasteiger partial charge in [-0.05, 0) is 17.7 Å². The van der Waals surface area contributed by atoms with Crippen molar-refractivity contribution in [2.24, 2.45) is 5.41 Å². The number of nitrogens with zero attached hydrogens (tertiary/aromatic N) is 1. The Balaban J connectivity index is 1.95. The number of nitrogens with one attached hydrogen (secondary N) is 1. The Kier molecular flexibility index (Phi) is 5.16. The van der Waals surface area contributed by atoms with Crippen LogP contribution in [0.4, 0.5) is 18.9 Å². The zero-order valence-electron chi connectivity index (χ0n) is 12.7. The molecule has 1 fully saturated rings. The molecule has 8 heteroatoms. The number of alkyl halides is 3. The third-order valence-electron chi connectivity index (χ3n) is 3.76. The molecule has 1 aliphatic rings. The number of amides is 1. The normalized spacial score (nSPS) is 16.6. The molecule has 0 unspecified atom stereocenters. The average Bonchev–Trinajstić information content (AvgIpc) is 2.45. The summed E-state index contributed by atoms with van der Waals surface area (Å²) in [4.78, 5) is 11.8. The Hall–Kier alpha value is -1.80. The van der Waals surface area contributed by atoms with Crippen LogP contribution in [-0.2, 0) is 16.1 Å². The van der Waals surface area contributed by atoms with Crippen LogP contribution in [0, 0.1) is 5.41 Å². The van der Waals surface area contributed by atoms with E-state index >= 15 is 0 Å². The van der Waals surface area contributed by atoms with Crippen molar-refractivity contribution < 1.29 is 27.8 Å². The smallest absolute Gasteiger partial charge is 0.396 e. The molecule has 0 bridgehead atoms. The third kappa shape index (κ3) is 4.35. The highest BCUT2D eigenvalue weighted by atomic mass is 19.4. The highest BCUT2D eigenvalue weighted by Crippen LogP contribution is 2.27. The molecule has 2 rings (SSSR count). The van der Waals surface area contributed by atoms with Gasteiger partial charge in [-0.2, -0.15) is 13.2 Å². The number of hydrogen-bond acceptors (Lipinski definition) is 4. The van der Waals surface area contributed by atoms with E-state index in [4.69, 9.17) is 4.74 Å². The van der Waals surface area contributed by atoms with Gasteiger partial charge in [-0.25, -0.2) is 0 Å². The summed E-state index contributed by atoms with van der Waals surface area (Å²) in [5, 5.41) is 12.5. The second-order valence-corrected chi connectivity index (χ2v) is 5.86. The maximum absolute atomic E-state index is 12.4. The van der Waals surface area contributed by atoms with E-state index in [0.29, 0.717) is 30.2 Å². The first-order chi connectivity index (χ1) is 10.8. The number of ether oxygens (including phenoxy) is 1. The van der Waals surface area contributed by atoms with E-state index in [2.05, 4.69) is 5.32 Å². The first-order valence-electron chi connectivity index (χ1n) is 7.09. The number of halogens is 3. The molecule has 23 heavy (non-hydrogen) atoms. The number of aliphatic hydroxyl groups is 1. The van der Waals surface area contributed by atoms with Crippen LogP contribution < -0.4 is 5.32 Å². The summed E-state index contributed by atoms with van der Waals surface area (Å²) in [6, 6.07) is 6.82. The van der Waals surface area contributed by atoms with Crippen molar-refractivity contribution in [3.63, 3.8) is 0 Å². The first-order valence-corrected chi connectivity index (χ1v) is 7.09.